The van der Waals surface area contributed by atoms with Crippen molar-refractivity contribution in [3.8, 4) is 5.75 Å². The highest BCUT2D eigenvalue weighted by molar-refractivity contribution is 14.2. The number of nitrogens with one attached hydrogen (secondary N) is 1. The molecule has 1 N–H and O–H groups in total. The Labute approximate surface area is 196 Å². The third kappa shape index (κ3) is 4.42. The van der Waals surface area contributed by atoms with Crippen LogP contribution in [0.2, 0.25) is 5.15 Å². The van der Waals surface area contributed by atoms with E-state index in [1.807, 2.05) is 26.9 Å². The maximum atomic E-state index is 13.5. The summed E-state index contributed by atoms with van der Waals surface area (Å²) in [5.74, 6) is 0.0366. The predicted octanol–water partition coefficient (Wildman–Crippen LogP) is 5.80. The molecule has 3 aromatic rings. The Kier molecular flexibility index (Phi) is 6.78. The van der Waals surface area contributed by atoms with Gasteiger partial charge in [0.15, 0.2) is 11.5 Å². The maximum Gasteiger partial charge on any atom is 0.295 e. The number of alkyl halides is 2. The molecule has 1 aromatic carbocycles. The molecule has 0 aliphatic carbocycles. The van der Waals surface area contributed by atoms with Crippen LogP contribution >= 0.6 is 40.0 Å². The van der Waals surface area contributed by atoms with E-state index in [9.17, 15) is 13.6 Å². The second-order valence-corrected chi connectivity index (χ2v) is 9.35. The van der Waals surface area contributed by atoms with Crippen molar-refractivity contribution in [2.24, 2.45) is 0 Å². The van der Waals surface area contributed by atoms with Crippen molar-refractivity contribution in [1.82, 2.24) is 19.2 Å². The van der Waals surface area contributed by atoms with Crippen LogP contribution in [0.3, 0.4) is 0 Å². The first kappa shape index (κ1) is 22.4. The number of benzene rings is 1. The van der Waals surface area contributed by atoms with Gasteiger partial charge in [0.05, 0.1) is 24.9 Å². The van der Waals surface area contributed by atoms with Crippen LogP contribution in [0.1, 0.15) is 35.4 Å². The highest BCUT2D eigenvalue weighted by Crippen LogP contribution is 2.39. The van der Waals surface area contributed by atoms with Gasteiger partial charge in [-0.1, -0.05) is 11.6 Å². The average molecular weight is 580 g/mol. The summed E-state index contributed by atoms with van der Waals surface area (Å²) in [6.45, 7) is 1.50. The van der Waals surface area contributed by atoms with Gasteiger partial charge in [0.1, 0.15) is 16.4 Å². The molecule has 1 amide bonds. The van der Waals surface area contributed by atoms with E-state index >= 15 is 0 Å². The topological polar surface area (TPSA) is 72.3 Å². The zero-order valence-corrected chi connectivity index (χ0v) is 20.2. The number of likely N-dealkylation sites (tertiary alicyclic amines) is 1. The quantitative estimate of drug-likeness (QED) is 0.227. The minimum Gasteiger partial charge on any atom is -0.495 e. The minimum atomic E-state index is -2.74. The molecule has 3 heterocycles. The number of hydrogen-bond donors (Lipinski definition) is 1. The SMILES string of the molecule is COc1cc(C(=O)N2CCCC2)ccc1Nc1cc(Cl)nc2c1nc(C(F)F)n2PI. The molecule has 1 fully saturated rings. The first-order valence-electron chi connectivity index (χ1n) is 9.41. The van der Waals surface area contributed by atoms with Crippen LogP contribution < -0.4 is 10.1 Å². The number of fused-ring (bicyclic) bond motifs is 1. The number of halogens is 4. The van der Waals surface area contributed by atoms with Gasteiger partial charge in [-0.3, -0.25) is 9.13 Å². The van der Waals surface area contributed by atoms with Crippen molar-refractivity contribution in [2.45, 2.75) is 19.3 Å². The number of amides is 1. The maximum absolute atomic E-state index is 13.5. The summed E-state index contributed by atoms with van der Waals surface area (Å²) in [5, 5.41) is 3.30. The molecule has 12 heteroatoms. The second kappa shape index (κ2) is 9.38. The van der Waals surface area contributed by atoms with Crippen LogP contribution in [0, 0.1) is 0 Å². The number of rotatable bonds is 6. The molecule has 1 aliphatic rings. The second-order valence-electron chi connectivity index (χ2n) is 6.89. The zero-order chi connectivity index (χ0) is 22.1. The lowest BCUT2D eigenvalue weighted by Crippen LogP contribution is -2.27. The largest absolute Gasteiger partial charge is 0.495 e. The summed E-state index contributed by atoms with van der Waals surface area (Å²) in [5.41, 5.74) is 2.05. The van der Waals surface area contributed by atoms with Gasteiger partial charge in [-0.2, -0.15) is 0 Å². The van der Waals surface area contributed by atoms with Gasteiger partial charge >= 0.3 is 0 Å². The number of hydrogen-bond acceptors (Lipinski definition) is 5. The molecule has 7 nitrogen and oxygen atoms in total. The Morgan fingerprint density at radius 1 is 1.26 bits per heavy atom. The molecule has 0 bridgehead atoms. The fourth-order valence-corrected chi connectivity index (χ4v) is 5.62. The third-order valence-electron chi connectivity index (χ3n) is 5.00. The summed E-state index contributed by atoms with van der Waals surface area (Å²) in [7, 11) is 1.50. The molecule has 0 radical (unpaired) electrons. The highest BCUT2D eigenvalue weighted by atomic mass is 127. The molecule has 1 saturated heterocycles. The van der Waals surface area contributed by atoms with Gasteiger partial charge in [-0.25, -0.2) is 18.7 Å². The lowest BCUT2D eigenvalue weighted by atomic mass is 10.1. The fourth-order valence-electron chi connectivity index (χ4n) is 3.53. The summed E-state index contributed by atoms with van der Waals surface area (Å²) in [4.78, 5) is 22.8. The molecule has 0 saturated carbocycles. The Hall–Kier alpha value is -1.78. The van der Waals surface area contributed by atoms with E-state index in [-0.39, 0.29) is 34.4 Å². The van der Waals surface area contributed by atoms with Gasteiger partial charge < -0.3 is 15.0 Å². The number of carbonyl (C=O) groups is 1. The molecule has 31 heavy (non-hydrogen) atoms. The van der Waals surface area contributed by atoms with Crippen molar-refractivity contribution in [1.29, 1.82) is 0 Å². The average Bonchev–Trinajstić information content (AvgIpc) is 3.41. The van der Waals surface area contributed by atoms with Gasteiger partial charge in [-0.15, -0.1) is 0 Å². The van der Waals surface area contributed by atoms with Crippen LogP contribution in [0.5, 0.6) is 5.75 Å². The van der Waals surface area contributed by atoms with Crippen LogP contribution in [0.25, 0.3) is 11.2 Å². The predicted molar refractivity (Wildman–Crippen MR) is 127 cm³/mol. The van der Waals surface area contributed by atoms with Gasteiger partial charge in [0, 0.05) is 24.7 Å². The number of carbonyl (C=O) groups excluding carboxylic acids is 1. The van der Waals surface area contributed by atoms with Crippen molar-refractivity contribution >= 4 is 68.5 Å². The van der Waals surface area contributed by atoms with Gasteiger partial charge in [0.25, 0.3) is 12.3 Å². The number of methoxy groups -OCH3 is 1. The Morgan fingerprint density at radius 2 is 2.00 bits per heavy atom. The molecule has 0 spiro atoms. The normalized spacial score (nSPS) is 14.3. The van der Waals surface area contributed by atoms with E-state index in [2.05, 4.69) is 15.3 Å². The third-order valence-corrected chi connectivity index (χ3v) is 7.25. The van der Waals surface area contributed by atoms with E-state index in [1.54, 1.807) is 18.2 Å². The molecular formula is C19H18ClF2IN5O2P. The lowest BCUT2D eigenvalue weighted by molar-refractivity contribution is 0.0792. The van der Waals surface area contributed by atoms with Crippen LogP contribution in [-0.2, 0) is 0 Å². The summed E-state index contributed by atoms with van der Waals surface area (Å²) in [6.07, 6.45) is -0.745. The van der Waals surface area contributed by atoms with E-state index in [0.717, 1.165) is 25.9 Å². The van der Waals surface area contributed by atoms with Crippen molar-refractivity contribution in [3.05, 3.63) is 40.8 Å². The zero-order valence-electron chi connectivity index (χ0n) is 16.3. The van der Waals surface area contributed by atoms with Crippen LogP contribution in [0.4, 0.5) is 20.2 Å². The van der Waals surface area contributed by atoms with Crippen molar-refractivity contribution < 1.29 is 18.3 Å². The van der Waals surface area contributed by atoms with E-state index in [1.165, 1.54) is 17.5 Å². The molecular weight excluding hydrogens is 562 g/mol. The number of anilines is 2. The Morgan fingerprint density at radius 3 is 2.65 bits per heavy atom. The lowest BCUT2D eigenvalue weighted by Gasteiger charge is -2.17. The van der Waals surface area contributed by atoms with Gasteiger partial charge in [0.2, 0.25) is 0 Å². The first-order valence-corrected chi connectivity index (χ1v) is 13.8. The van der Waals surface area contributed by atoms with Crippen LogP contribution in [-0.4, -0.2) is 45.3 Å². The van der Waals surface area contributed by atoms with E-state index in [0.29, 0.717) is 22.7 Å². The number of nitrogens with zero attached hydrogens (tertiary/aromatic N) is 4. The van der Waals surface area contributed by atoms with Crippen molar-refractivity contribution in [2.75, 3.05) is 25.5 Å². The molecule has 1 atom stereocenters. The Bertz CT molecular complexity index is 1140. The molecule has 1 unspecified atom stereocenters. The molecule has 164 valence electrons. The standard InChI is InChI=1S/C19H18ClF2IN5O2P/c1-30-13-8-10(19(29)27-6-2-3-7-27)4-5-11(13)24-12-9-14(20)25-17-15(12)26-18(16(21)22)28(17)31-23/h4-5,8-9,16,31H,2-3,6-7H2,1H3,(H,24,25). The summed E-state index contributed by atoms with van der Waals surface area (Å²) in [6, 6.07) is 6.61. The minimum absolute atomic E-state index is 0.0158. The highest BCUT2D eigenvalue weighted by Gasteiger charge is 2.23. The number of pyridine rings is 1. The molecule has 1 aliphatic heterocycles. The van der Waals surface area contributed by atoms with E-state index < -0.39 is 6.43 Å². The smallest absolute Gasteiger partial charge is 0.295 e. The number of imidazole rings is 1. The molecule has 4 rings (SSSR count). The summed E-state index contributed by atoms with van der Waals surface area (Å²) < 4.78 is 33.7. The van der Waals surface area contributed by atoms with Crippen molar-refractivity contribution in [3.63, 3.8) is 0 Å². The van der Waals surface area contributed by atoms with Crippen LogP contribution in [0.15, 0.2) is 24.3 Å². The summed E-state index contributed by atoms with van der Waals surface area (Å²) >= 11 is 8.16. The number of aromatic nitrogens is 3. The van der Waals surface area contributed by atoms with E-state index in [4.69, 9.17) is 16.3 Å². The Balaban J connectivity index is 1.72. The van der Waals surface area contributed by atoms with Gasteiger partial charge in [-0.05, 0) is 53.1 Å². The number of ether oxygens (including phenoxy) is 1. The first-order chi connectivity index (χ1) is 14.9. The monoisotopic (exact) mass is 579 g/mol. The fraction of sp³-hybridized carbons (Fsp3) is 0.316. The molecule has 2 aromatic heterocycles.